The smallest absolute Gasteiger partial charge is 0.118 e. The molecule has 102 valence electrons. The van der Waals surface area contributed by atoms with Crippen molar-refractivity contribution in [2.24, 2.45) is 0 Å². The van der Waals surface area contributed by atoms with E-state index >= 15 is 0 Å². The first-order valence-electron chi connectivity index (χ1n) is 7.19. The second-order valence-corrected chi connectivity index (χ2v) is 4.75. The molecule has 0 bridgehead atoms. The van der Waals surface area contributed by atoms with Crippen LogP contribution in [0.1, 0.15) is 57.6 Å². The van der Waals surface area contributed by atoms with E-state index in [1.165, 1.54) is 31.2 Å². The minimum absolute atomic E-state index is 0.470. The molecule has 2 nitrogen and oxygen atoms in total. The predicted octanol–water partition coefficient (Wildman–Crippen LogP) is 4.32. The number of nitrogens with one attached hydrogen (secondary N) is 1. The van der Waals surface area contributed by atoms with E-state index < -0.39 is 0 Å². The zero-order valence-electron chi connectivity index (χ0n) is 12.0. The van der Waals surface area contributed by atoms with Gasteiger partial charge in [0.05, 0.1) is 7.11 Å². The topological polar surface area (TPSA) is 21.3 Å². The van der Waals surface area contributed by atoms with E-state index in [1.807, 2.05) is 12.1 Å². The Morgan fingerprint density at radius 3 is 2.33 bits per heavy atom. The monoisotopic (exact) mass is 249 g/mol. The van der Waals surface area contributed by atoms with Crippen LogP contribution in [0, 0.1) is 0 Å². The quantitative estimate of drug-likeness (QED) is 0.658. The average Bonchev–Trinajstić information content (AvgIpc) is 2.43. The number of ether oxygens (including phenoxy) is 1. The summed E-state index contributed by atoms with van der Waals surface area (Å²) < 4.78 is 5.19. The number of unbranched alkanes of at least 4 members (excludes halogenated alkanes) is 3. The van der Waals surface area contributed by atoms with Crippen molar-refractivity contribution < 1.29 is 4.74 Å². The summed E-state index contributed by atoms with van der Waals surface area (Å²) in [6.07, 6.45) is 6.39. The summed E-state index contributed by atoms with van der Waals surface area (Å²) in [5.74, 6) is 0.927. The van der Waals surface area contributed by atoms with E-state index in [0.717, 1.165) is 18.7 Å². The van der Waals surface area contributed by atoms with Gasteiger partial charge in [-0.1, -0.05) is 45.2 Å². The molecule has 1 atom stereocenters. The molecule has 1 rings (SSSR count). The van der Waals surface area contributed by atoms with Gasteiger partial charge in [0.25, 0.3) is 0 Å². The van der Waals surface area contributed by atoms with Crippen LogP contribution in [0.2, 0.25) is 0 Å². The lowest BCUT2D eigenvalue weighted by molar-refractivity contribution is 0.414. The molecule has 0 spiro atoms. The third kappa shape index (κ3) is 5.09. The number of benzene rings is 1. The van der Waals surface area contributed by atoms with E-state index in [-0.39, 0.29) is 0 Å². The van der Waals surface area contributed by atoms with E-state index in [2.05, 4.69) is 31.3 Å². The second kappa shape index (κ2) is 8.98. The number of hydrogen-bond acceptors (Lipinski definition) is 2. The van der Waals surface area contributed by atoms with Crippen molar-refractivity contribution in [1.82, 2.24) is 5.32 Å². The summed E-state index contributed by atoms with van der Waals surface area (Å²) in [6, 6.07) is 8.86. The Balaban J connectivity index is 2.39. The molecular weight excluding hydrogens is 222 g/mol. The fourth-order valence-electron chi connectivity index (χ4n) is 2.16. The third-order valence-corrected chi connectivity index (χ3v) is 3.35. The molecule has 1 unspecified atom stereocenters. The van der Waals surface area contributed by atoms with Gasteiger partial charge in [0.2, 0.25) is 0 Å². The van der Waals surface area contributed by atoms with Gasteiger partial charge in [-0.25, -0.2) is 0 Å². The van der Waals surface area contributed by atoms with Gasteiger partial charge in [0, 0.05) is 6.04 Å². The van der Waals surface area contributed by atoms with Gasteiger partial charge < -0.3 is 10.1 Å². The minimum atomic E-state index is 0.470. The van der Waals surface area contributed by atoms with Crippen LogP contribution in [0.5, 0.6) is 5.75 Å². The molecule has 0 amide bonds. The first-order chi connectivity index (χ1) is 8.81. The summed E-state index contributed by atoms with van der Waals surface area (Å²) in [7, 11) is 1.71. The van der Waals surface area contributed by atoms with Crippen LogP contribution in [-0.2, 0) is 0 Å². The van der Waals surface area contributed by atoms with Gasteiger partial charge in [-0.3, -0.25) is 0 Å². The first-order valence-corrected chi connectivity index (χ1v) is 7.19. The van der Waals surface area contributed by atoms with Crippen molar-refractivity contribution in [2.45, 2.75) is 52.0 Å². The molecule has 0 radical (unpaired) electrons. The van der Waals surface area contributed by atoms with Crippen molar-refractivity contribution in [3.05, 3.63) is 29.8 Å². The van der Waals surface area contributed by atoms with Gasteiger partial charge in [-0.15, -0.1) is 0 Å². The van der Waals surface area contributed by atoms with Crippen LogP contribution >= 0.6 is 0 Å². The van der Waals surface area contributed by atoms with Crippen LogP contribution in [-0.4, -0.2) is 13.7 Å². The maximum atomic E-state index is 5.19. The summed E-state index contributed by atoms with van der Waals surface area (Å²) >= 11 is 0. The zero-order chi connectivity index (χ0) is 13.2. The molecule has 0 aliphatic rings. The number of hydrogen-bond donors (Lipinski definition) is 1. The molecule has 2 heteroatoms. The van der Waals surface area contributed by atoms with Crippen LogP contribution < -0.4 is 10.1 Å². The minimum Gasteiger partial charge on any atom is -0.497 e. The molecule has 0 fully saturated rings. The van der Waals surface area contributed by atoms with Gasteiger partial charge in [0.1, 0.15) is 5.75 Å². The molecule has 0 aromatic heterocycles. The summed E-state index contributed by atoms with van der Waals surface area (Å²) in [5.41, 5.74) is 1.36. The highest BCUT2D eigenvalue weighted by Crippen LogP contribution is 2.20. The molecule has 1 aromatic rings. The molecule has 0 aliphatic heterocycles. The number of rotatable bonds is 9. The van der Waals surface area contributed by atoms with Crippen molar-refractivity contribution in [2.75, 3.05) is 13.7 Å². The fraction of sp³-hybridized carbons (Fsp3) is 0.625. The molecule has 1 aromatic carbocycles. The first kappa shape index (κ1) is 15.0. The standard InChI is InChI=1S/C16H27NO/c1-4-6-7-8-13-17-16(5-2)14-9-11-15(18-3)12-10-14/h9-12,16-17H,4-8,13H2,1-3H3. The maximum absolute atomic E-state index is 5.19. The molecule has 0 heterocycles. The summed E-state index contributed by atoms with van der Waals surface area (Å²) in [6.45, 7) is 5.60. The Morgan fingerprint density at radius 2 is 1.78 bits per heavy atom. The Bertz CT molecular complexity index is 307. The highest BCUT2D eigenvalue weighted by atomic mass is 16.5. The average molecular weight is 249 g/mol. The number of methoxy groups -OCH3 is 1. The molecule has 18 heavy (non-hydrogen) atoms. The Hall–Kier alpha value is -1.02. The lowest BCUT2D eigenvalue weighted by atomic mass is 10.0. The highest BCUT2D eigenvalue weighted by molar-refractivity contribution is 5.29. The Kier molecular flexibility index (Phi) is 7.51. The lowest BCUT2D eigenvalue weighted by Crippen LogP contribution is -2.21. The van der Waals surface area contributed by atoms with Crippen molar-refractivity contribution in [3.63, 3.8) is 0 Å². The third-order valence-electron chi connectivity index (χ3n) is 3.35. The Labute approximate surface area is 112 Å². The van der Waals surface area contributed by atoms with Gasteiger partial charge in [-0.2, -0.15) is 0 Å². The predicted molar refractivity (Wildman–Crippen MR) is 78.2 cm³/mol. The highest BCUT2D eigenvalue weighted by Gasteiger charge is 2.07. The molecular formula is C16H27NO. The summed E-state index contributed by atoms with van der Waals surface area (Å²) in [4.78, 5) is 0. The Morgan fingerprint density at radius 1 is 1.06 bits per heavy atom. The van der Waals surface area contributed by atoms with Gasteiger partial charge in [0.15, 0.2) is 0 Å². The van der Waals surface area contributed by atoms with Crippen molar-refractivity contribution in [1.29, 1.82) is 0 Å². The van der Waals surface area contributed by atoms with E-state index in [0.29, 0.717) is 6.04 Å². The van der Waals surface area contributed by atoms with Crippen molar-refractivity contribution >= 4 is 0 Å². The van der Waals surface area contributed by atoms with Crippen LogP contribution in [0.15, 0.2) is 24.3 Å². The lowest BCUT2D eigenvalue weighted by Gasteiger charge is -2.17. The van der Waals surface area contributed by atoms with E-state index in [4.69, 9.17) is 4.74 Å². The molecule has 0 aliphatic carbocycles. The van der Waals surface area contributed by atoms with E-state index in [1.54, 1.807) is 7.11 Å². The van der Waals surface area contributed by atoms with Crippen molar-refractivity contribution in [3.8, 4) is 5.75 Å². The van der Waals surface area contributed by atoms with E-state index in [9.17, 15) is 0 Å². The maximum Gasteiger partial charge on any atom is 0.118 e. The SMILES string of the molecule is CCCCCCNC(CC)c1ccc(OC)cc1. The zero-order valence-corrected chi connectivity index (χ0v) is 12.0. The second-order valence-electron chi connectivity index (χ2n) is 4.75. The fourth-order valence-corrected chi connectivity index (χ4v) is 2.16. The van der Waals surface area contributed by atoms with Gasteiger partial charge >= 0.3 is 0 Å². The van der Waals surface area contributed by atoms with Crippen LogP contribution in [0.3, 0.4) is 0 Å². The largest absolute Gasteiger partial charge is 0.497 e. The van der Waals surface area contributed by atoms with Crippen LogP contribution in [0.25, 0.3) is 0 Å². The summed E-state index contributed by atoms with van der Waals surface area (Å²) in [5, 5.41) is 3.64. The molecule has 1 N–H and O–H groups in total. The molecule has 0 saturated heterocycles. The normalized spacial score (nSPS) is 12.4. The molecule has 0 saturated carbocycles. The van der Waals surface area contributed by atoms with Crippen LogP contribution in [0.4, 0.5) is 0 Å². The van der Waals surface area contributed by atoms with Gasteiger partial charge in [-0.05, 0) is 37.1 Å².